The number of carbonyl (C=O) groups is 4. The molecule has 0 saturated heterocycles. The van der Waals surface area contributed by atoms with Crippen molar-refractivity contribution in [2.45, 2.75) is 354 Å². The molecule has 3 N–H and O–H groups in total. The Morgan fingerprint density at radius 2 is 0.541 bits per heavy atom. The maximum atomic E-state index is 13.1. The van der Waals surface area contributed by atoms with Crippen LogP contribution in [-0.2, 0) is 65.4 Å². The molecule has 5 atom stereocenters. The second-order valence-corrected chi connectivity index (χ2v) is 28.9. The van der Waals surface area contributed by atoms with E-state index in [0.29, 0.717) is 32.1 Å². The first-order valence-electron chi connectivity index (χ1n) is 38.8. The molecule has 0 heterocycles. The first-order chi connectivity index (χ1) is 47.7. The van der Waals surface area contributed by atoms with E-state index in [9.17, 15) is 43.2 Å². The first-order valence-corrected chi connectivity index (χ1v) is 41.8. The fraction of sp³-hybridized carbons (Fsp3) is 0.772. The van der Waals surface area contributed by atoms with E-state index in [4.69, 9.17) is 37.0 Å². The van der Waals surface area contributed by atoms with Crippen LogP contribution in [0, 0.1) is 0 Å². The molecule has 0 radical (unpaired) electrons. The van der Waals surface area contributed by atoms with Crippen LogP contribution in [0.25, 0.3) is 0 Å². The zero-order valence-electron chi connectivity index (χ0n) is 62.0. The fourth-order valence-electron chi connectivity index (χ4n) is 10.4. The van der Waals surface area contributed by atoms with Crippen LogP contribution in [0.15, 0.2) is 85.1 Å². The van der Waals surface area contributed by atoms with E-state index in [2.05, 4.69) is 101 Å². The third-order valence-corrected chi connectivity index (χ3v) is 18.3. The third kappa shape index (κ3) is 70.7. The molecule has 0 aliphatic carbocycles. The molecule has 0 rings (SSSR count). The van der Waals surface area contributed by atoms with Gasteiger partial charge in [-0.1, -0.05) is 280 Å². The number of ether oxygens (including phenoxy) is 4. The highest BCUT2D eigenvalue weighted by Crippen LogP contribution is 2.45. The Morgan fingerprint density at radius 3 is 0.908 bits per heavy atom. The van der Waals surface area contributed by atoms with E-state index in [1.807, 2.05) is 12.2 Å². The van der Waals surface area contributed by atoms with Gasteiger partial charge in [0.05, 0.1) is 26.4 Å². The minimum absolute atomic E-state index is 0.0668. The van der Waals surface area contributed by atoms with Crippen molar-refractivity contribution in [2.24, 2.45) is 0 Å². The standard InChI is InChI=1S/C79H140O17P2/c1-5-9-13-17-21-25-29-33-35-36-38-41-44-48-52-56-60-64-77(82)90-70-75(96-79(84)66-62-58-54-50-46-42-37-34-30-26-22-18-14-10-6-2)72-94-98(87,88)92-68-73(80)67-91-97(85,86)93-71-74(95-78(83)65-61-57-53-49-45-40-32-28-24-20-16-12-8-4)69-89-76(81)63-59-55-51-47-43-39-31-27-23-19-15-11-7-3/h21,25-26,28,30,32-35,37-38,41,48,52,73-75,80H,5-20,22-24,27,29,31,36,39-40,42-47,49-51,53-72H2,1-4H3,(H,85,86)(H,87,88)/b25-21-,30-26-,32-28-,35-33-,37-34-,41-38-,52-48-/t73-,74-,75-/m1/s1. The van der Waals surface area contributed by atoms with Gasteiger partial charge in [-0.05, 0) is 116 Å². The molecule has 19 heteroatoms. The summed E-state index contributed by atoms with van der Waals surface area (Å²) >= 11 is 0. The second kappa shape index (κ2) is 71.6. The quantitative estimate of drug-likeness (QED) is 0.0128. The van der Waals surface area contributed by atoms with Crippen molar-refractivity contribution in [3.05, 3.63) is 85.1 Å². The smallest absolute Gasteiger partial charge is 0.462 e. The Kier molecular flexibility index (Phi) is 68.9. The molecule has 0 saturated carbocycles. The Morgan fingerprint density at radius 1 is 0.296 bits per heavy atom. The number of rotatable bonds is 73. The summed E-state index contributed by atoms with van der Waals surface area (Å²) in [6, 6.07) is 0. The van der Waals surface area contributed by atoms with Gasteiger partial charge < -0.3 is 33.8 Å². The van der Waals surface area contributed by atoms with Crippen molar-refractivity contribution in [3.8, 4) is 0 Å². The SMILES string of the molecule is CCCCC/C=C\C/C=C\C/C=C\C/C=C\CCCC(=O)OC[C@H](COP(=O)(O)OC[C@H](O)COP(=O)(O)OC[C@@H](COC(=O)CCCCCCCCCCCCCCC)OC(=O)CCCCCCC/C=C\CCCCCC)OC(=O)CCCCCCC/C=C\C=C/CCCCCC. The van der Waals surface area contributed by atoms with Crippen LogP contribution in [0.1, 0.15) is 336 Å². The van der Waals surface area contributed by atoms with E-state index >= 15 is 0 Å². The highest BCUT2D eigenvalue weighted by atomic mass is 31.2. The lowest BCUT2D eigenvalue weighted by Crippen LogP contribution is -2.30. The van der Waals surface area contributed by atoms with Crippen molar-refractivity contribution < 1.29 is 80.2 Å². The Balaban J connectivity index is 5.39. The highest BCUT2D eigenvalue weighted by molar-refractivity contribution is 7.47. The highest BCUT2D eigenvalue weighted by Gasteiger charge is 2.30. The molecule has 2 unspecified atom stereocenters. The Hall–Kier alpha value is -3.76. The van der Waals surface area contributed by atoms with Gasteiger partial charge in [0, 0.05) is 25.7 Å². The second-order valence-electron chi connectivity index (χ2n) is 26.0. The van der Waals surface area contributed by atoms with Crippen LogP contribution in [0.2, 0.25) is 0 Å². The van der Waals surface area contributed by atoms with Crippen molar-refractivity contribution >= 4 is 39.5 Å². The van der Waals surface area contributed by atoms with Gasteiger partial charge in [-0.15, -0.1) is 0 Å². The van der Waals surface area contributed by atoms with Gasteiger partial charge in [0.15, 0.2) is 12.2 Å². The van der Waals surface area contributed by atoms with Crippen LogP contribution in [0.4, 0.5) is 0 Å². The van der Waals surface area contributed by atoms with Gasteiger partial charge in [0.2, 0.25) is 0 Å². The first kappa shape index (κ1) is 94.2. The average Bonchev–Trinajstić information content (AvgIpc) is 1.05. The van der Waals surface area contributed by atoms with Gasteiger partial charge in [0.25, 0.3) is 0 Å². The maximum Gasteiger partial charge on any atom is 0.472 e. The normalized spacial score (nSPS) is 14.4. The van der Waals surface area contributed by atoms with Crippen LogP contribution >= 0.6 is 15.6 Å². The van der Waals surface area contributed by atoms with Crippen LogP contribution in [0.5, 0.6) is 0 Å². The molecule has 0 aliphatic heterocycles. The lowest BCUT2D eigenvalue weighted by atomic mass is 10.0. The molecule has 0 fully saturated rings. The summed E-state index contributed by atoms with van der Waals surface area (Å²) in [5.74, 6) is -2.25. The predicted octanol–water partition coefficient (Wildman–Crippen LogP) is 22.2. The van der Waals surface area contributed by atoms with Gasteiger partial charge in [-0.25, -0.2) is 9.13 Å². The molecule has 0 aromatic rings. The van der Waals surface area contributed by atoms with E-state index in [-0.39, 0.29) is 25.7 Å². The van der Waals surface area contributed by atoms with Gasteiger partial charge >= 0.3 is 39.5 Å². The molecule has 0 aliphatic rings. The zero-order valence-corrected chi connectivity index (χ0v) is 63.7. The number of phosphoric ester groups is 2. The van der Waals surface area contributed by atoms with Crippen molar-refractivity contribution in [3.63, 3.8) is 0 Å². The van der Waals surface area contributed by atoms with Crippen LogP contribution < -0.4 is 0 Å². The van der Waals surface area contributed by atoms with Gasteiger partial charge in [-0.3, -0.25) is 37.3 Å². The molecular formula is C79H140O17P2. The topological polar surface area (TPSA) is 237 Å². The number of carbonyl (C=O) groups excluding carboxylic acids is 4. The van der Waals surface area contributed by atoms with Gasteiger partial charge in [0.1, 0.15) is 19.3 Å². The van der Waals surface area contributed by atoms with E-state index in [1.165, 1.54) is 128 Å². The minimum Gasteiger partial charge on any atom is -0.462 e. The lowest BCUT2D eigenvalue weighted by Gasteiger charge is -2.21. The lowest BCUT2D eigenvalue weighted by molar-refractivity contribution is -0.161. The molecule has 0 spiro atoms. The number of aliphatic hydroxyl groups excluding tert-OH is 1. The largest absolute Gasteiger partial charge is 0.472 e. The number of phosphoric acid groups is 2. The molecule has 98 heavy (non-hydrogen) atoms. The number of hydrogen-bond donors (Lipinski definition) is 3. The van der Waals surface area contributed by atoms with Gasteiger partial charge in [-0.2, -0.15) is 0 Å². The number of hydrogen-bond acceptors (Lipinski definition) is 15. The molecule has 0 bridgehead atoms. The summed E-state index contributed by atoms with van der Waals surface area (Å²) < 4.78 is 68.4. The summed E-state index contributed by atoms with van der Waals surface area (Å²) in [5, 5.41) is 10.6. The minimum atomic E-state index is -4.99. The molecule has 568 valence electrons. The maximum absolute atomic E-state index is 13.1. The average molecular weight is 1420 g/mol. The molecule has 0 aromatic heterocycles. The number of esters is 4. The van der Waals surface area contributed by atoms with Crippen molar-refractivity contribution in [1.29, 1.82) is 0 Å². The van der Waals surface area contributed by atoms with E-state index in [0.717, 1.165) is 122 Å². The number of allylic oxidation sites excluding steroid dienone is 14. The summed E-state index contributed by atoms with van der Waals surface area (Å²) in [5.41, 5.74) is 0. The monoisotopic (exact) mass is 1420 g/mol. The summed E-state index contributed by atoms with van der Waals surface area (Å²) in [6.45, 7) is 4.75. The molecule has 0 amide bonds. The van der Waals surface area contributed by atoms with Crippen LogP contribution in [0.3, 0.4) is 0 Å². The number of aliphatic hydroxyl groups is 1. The number of unbranched alkanes of at least 4 members (excludes halogenated alkanes) is 34. The zero-order chi connectivity index (χ0) is 71.8. The molecule has 17 nitrogen and oxygen atoms in total. The Labute approximate surface area is 595 Å². The van der Waals surface area contributed by atoms with Crippen LogP contribution in [-0.4, -0.2) is 96.7 Å². The van der Waals surface area contributed by atoms with E-state index < -0.39 is 97.5 Å². The van der Waals surface area contributed by atoms with E-state index in [1.54, 1.807) is 0 Å². The molecule has 0 aromatic carbocycles. The Bertz CT molecular complexity index is 2190. The van der Waals surface area contributed by atoms with Crippen molar-refractivity contribution in [1.82, 2.24) is 0 Å². The fourth-order valence-corrected chi connectivity index (χ4v) is 12.0. The van der Waals surface area contributed by atoms with Crippen molar-refractivity contribution in [2.75, 3.05) is 39.6 Å². The third-order valence-electron chi connectivity index (χ3n) is 16.4. The summed E-state index contributed by atoms with van der Waals surface area (Å²) in [6.07, 6.45) is 72.9. The summed E-state index contributed by atoms with van der Waals surface area (Å²) in [4.78, 5) is 72.8. The predicted molar refractivity (Wildman–Crippen MR) is 399 cm³/mol. The molecular weight excluding hydrogens is 1280 g/mol. The summed E-state index contributed by atoms with van der Waals surface area (Å²) in [7, 11) is -9.96.